The van der Waals surface area contributed by atoms with Gasteiger partial charge in [-0.3, -0.25) is 4.90 Å². The van der Waals surface area contributed by atoms with Crippen LogP contribution in [0.4, 0.5) is 0 Å². The van der Waals surface area contributed by atoms with E-state index < -0.39 is 0 Å². The molecule has 1 saturated heterocycles. The van der Waals surface area contributed by atoms with E-state index in [0.29, 0.717) is 0 Å². The summed E-state index contributed by atoms with van der Waals surface area (Å²) in [6.07, 6.45) is 2.92. The second kappa shape index (κ2) is 7.65. The molecule has 1 aromatic carbocycles. The third-order valence-electron chi connectivity index (χ3n) is 3.91. The molecule has 1 aromatic rings. The third-order valence-corrected chi connectivity index (χ3v) is 3.91. The van der Waals surface area contributed by atoms with Gasteiger partial charge in [-0.15, -0.1) is 0 Å². The lowest BCUT2D eigenvalue weighted by molar-refractivity contribution is 0.242. The number of ether oxygens (including phenoxy) is 1. The lowest BCUT2D eigenvalue weighted by Crippen LogP contribution is -2.37. The van der Waals surface area contributed by atoms with E-state index in [1.54, 1.807) is 0 Å². The van der Waals surface area contributed by atoms with Crippen molar-refractivity contribution in [3.05, 3.63) is 29.8 Å². The summed E-state index contributed by atoms with van der Waals surface area (Å²) >= 11 is 0. The van der Waals surface area contributed by atoms with Crippen LogP contribution in [0.5, 0.6) is 5.75 Å². The molecule has 1 N–H and O–H groups in total. The highest BCUT2D eigenvalue weighted by atomic mass is 16.5. The Labute approximate surface area is 123 Å². The summed E-state index contributed by atoms with van der Waals surface area (Å²) in [5.41, 5.74) is 1.32. The summed E-state index contributed by atoms with van der Waals surface area (Å²) in [4.78, 5) is 2.58. The Bertz CT molecular complexity index is 388. The minimum atomic E-state index is 0.237. The number of likely N-dealkylation sites (tertiary alicyclic amines) is 1. The van der Waals surface area contributed by atoms with Crippen LogP contribution in [-0.4, -0.2) is 36.7 Å². The van der Waals surface area contributed by atoms with Crippen LogP contribution in [0, 0.1) is 0 Å². The highest BCUT2D eigenvalue weighted by Gasteiger charge is 2.21. The third kappa shape index (κ3) is 4.50. The van der Waals surface area contributed by atoms with Crippen molar-refractivity contribution in [3.8, 4) is 5.75 Å². The zero-order chi connectivity index (χ0) is 14.4. The summed E-state index contributed by atoms with van der Waals surface area (Å²) < 4.78 is 5.66. The van der Waals surface area contributed by atoms with Crippen LogP contribution in [0.15, 0.2) is 24.3 Å². The maximum absolute atomic E-state index is 5.66. The lowest BCUT2D eigenvalue weighted by atomic mass is 10.2. The van der Waals surface area contributed by atoms with Crippen molar-refractivity contribution in [2.75, 3.05) is 19.6 Å². The Morgan fingerprint density at radius 2 is 2.05 bits per heavy atom. The fraction of sp³-hybridized carbons (Fsp3) is 0.647. The van der Waals surface area contributed by atoms with Gasteiger partial charge in [0, 0.05) is 19.1 Å². The van der Waals surface area contributed by atoms with Crippen LogP contribution in [0.25, 0.3) is 0 Å². The minimum absolute atomic E-state index is 0.237. The number of nitrogens with one attached hydrogen (secondary N) is 1. The van der Waals surface area contributed by atoms with Gasteiger partial charge in [0.15, 0.2) is 0 Å². The smallest absolute Gasteiger partial charge is 0.119 e. The predicted octanol–water partition coefficient (Wildman–Crippen LogP) is 3.05. The molecular weight excluding hydrogens is 248 g/mol. The summed E-state index contributed by atoms with van der Waals surface area (Å²) in [7, 11) is 0. The Morgan fingerprint density at radius 1 is 1.30 bits per heavy atom. The summed E-state index contributed by atoms with van der Waals surface area (Å²) in [5, 5.41) is 3.59. The molecule has 1 fully saturated rings. The average Bonchev–Trinajstić information content (AvgIpc) is 2.87. The quantitative estimate of drug-likeness (QED) is 0.828. The maximum Gasteiger partial charge on any atom is 0.119 e. The predicted molar refractivity (Wildman–Crippen MR) is 84.2 cm³/mol. The summed E-state index contributed by atoms with van der Waals surface area (Å²) in [5.74, 6) is 0.955. The molecule has 0 aliphatic carbocycles. The highest BCUT2D eigenvalue weighted by molar-refractivity contribution is 5.27. The Kier molecular flexibility index (Phi) is 5.86. The van der Waals surface area contributed by atoms with Gasteiger partial charge in [-0.1, -0.05) is 19.1 Å². The first kappa shape index (κ1) is 15.3. The molecular formula is C17H28N2O. The standard InChI is InChI=1S/C17H28N2O/c1-4-19-11-5-6-16(19)13-18-12-15-7-9-17(10-8-15)20-14(2)3/h7-10,14,16,18H,4-6,11-13H2,1-3H3/t16-/m1/s1. The highest BCUT2D eigenvalue weighted by Crippen LogP contribution is 2.16. The fourth-order valence-corrected chi connectivity index (χ4v) is 2.88. The molecule has 20 heavy (non-hydrogen) atoms. The molecule has 1 aliphatic rings. The van der Waals surface area contributed by atoms with Gasteiger partial charge in [0.25, 0.3) is 0 Å². The van der Waals surface area contributed by atoms with E-state index in [9.17, 15) is 0 Å². The average molecular weight is 276 g/mol. The largest absolute Gasteiger partial charge is 0.491 e. The van der Waals surface area contributed by atoms with Gasteiger partial charge < -0.3 is 10.1 Å². The summed E-state index contributed by atoms with van der Waals surface area (Å²) in [6, 6.07) is 9.15. The number of likely N-dealkylation sites (N-methyl/N-ethyl adjacent to an activating group) is 1. The molecule has 0 spiro atoms. The van der Waals surface area contributed by atoms with Crippen LogP contribution >= 0.6 is 0 Å². The first-order valence-electron chi connectivity index (χ1n) is 7.89. The zero-order valence-corrected chi connectivity index (χ0v) is 13.1. The molecule has 1 heterocycles. The number of rotatable bonds is 7. The van der Waals surface area contributed by atoms with E-state index in [2.05, 4.69) is 55.3 Å². The van der Waals surface area contributed by atoms with Crippen molar-refractivity contribution in [2.45, 2.75) is 52.3 Å². The number of hydrogen-bond acceptors (Lipinski definition) is 3. The van der Waals surface area contributed by atoms with E-state index in [0.717, 1.165) is 24.9 Å². The van der Waals surface area contributed by atoms with Gasteiger partial charge in [0.1, 0.15) is 5.75 Å². The molecule has 0 bridgehead atoms. The van der Waals surface area contributed by atoms with E-state index in [1.807, 2.05) is 0 Å². The molecule has 3 heteroatoms. The normalized spacial score (nSPS) is 19.7. The minimum Gasteiger partial charge on any atom is -0.491 e. The first-order valence-corrected chi connectivity index (χ1v) is 7.89. The van der Waals surface area contributed by atoms with Crippen molar-refractivity contribution < 1.29 is 4.74 Å². The second-order valence-electron chi connectivity index (χ2n) is 5.87. The lowest BCUT2D eigenvalue weighted by Gasteiger charge is -2.23. The van der Waals surface area contributed by atoms with Crippen LogP contribution in [-0.2, 0) is 6.54 Å². The van der Waals surface area contributed by atoms with E-state index in [-0.39, 0.29) is 6.10 Å². The van der Waals surface area contributed by atoms with Gasteiger partial charge in [-0.05, 0) is 57.5 Å². The second-order valence-corrected chi connectivity index (χ2v) is 5.87. The van der Waals surface area contributed by atoms with E-state index in [4.69, 9.17) is 4.74 Å². The molecule has 1 atom stereocenters. The topological polar surface area (TPSA) is 24.5 Å². The van der Waals surface area contributed by atoms with Crippen molar-refractivity contribution in [3.63, 3.8) is 0 Å². The molecule has 0 radical (unpaired) electrons. The van der Waals surface area contributed by atoms with Crippen molar-refractivity contribution in [2.24, 2.45) is 0 Å². The van der Waals surface area contributed by atoms with E-state index in [1.165, 1.54) is 31.5 Å². The Hall–Kier alpha value is -1.06. The van der Waals surface area contributed by atoms with Crippen LogP contribution in [0.1, 0.15) is 39.2 Å². The van der Waals surface area contributed by atoms with Gasteiger partial charge in [0.2, 0.25) is 0 Å². The number of hydrogen-bond donors (Lipinski definition) is 1. The molecule has 2 rings (SSSR count). The molecule has 0 aromatic heterocycles. The van der Waals surface area contributed by atoms with Gasteiger partial charge >= 0.3 is 0 Å². The van der Waals surface area contributed by atoms with Crippen molar-refractivity contribution in [1.29, 1.82) is 0 Å². The monoisotopic (exact) mass is 276 g/mol. The van der Waals surface area contributed by atoms with Gasteiger partial charge in [0.05, 0.1) is 6.10 Å². The van der Waals surface area contributed by atoms with Crippen molar-refractivity contribution in [1.82, 2.24) is 10.2 Å². The number of benzene rings is 1. The molecule has 0 saturated carbocycles. The van der Waals surface area contributed by atoms with Crippen molar-refractivity contribution >= 4 is 0 Å². The Balaban J connectivity index is 1.74. The van der Waals surface area contributed by atoms with E-state index >= 15 is 0 Å². The Morgan fingerprint density at radius 3 is 2.70 bits per heavy atom. The summed E-state index contributed by atoms with van der Waals surface area (Å²) in [6.45, 7) is 10.8. The van der Waals surface area contributed by atoms with Gasteiger partial charge in [-0.25, -0.2) is 0 Å². The molecule has 112 valence electrons. The maximum atomic E-state index is 5.66. The first-order chi connectivity index (χ1) is 9.69. The molecule has 0 amide bonds. The van der Waals surface area contributed by atoms with Crippen LogP contribution in [0.3, 0.4) is 0 Å². The van der Waals surface area contributed by atoms with Crippen LogP contribution in [0.2, 0.25) is 0 Å². The molecule has 0 unspecified atom stereocenters. The van der Waals surface area contributed by atoms with Gasteiger partial charge in [-0.2, -0.15) is 0 Å². The SMILES string of the molecule is CCN1CCC[C@@H]1CNCc1ccc(OC(C)C)cc1. The molecule has 3 nitrogen and oxygen atoms in total. The van der Waals surface area contributed by atoms with Crippen LogP contribution < -0.4 is 10.1 Å². The number of nitrogens with zero attached hydrogens (tertiary/aromatic N) is 1. The zero-order valence-electron chi connectivity index (χ0n) is 13.1. The fourth-order valence-electron chi connectivity index (χ4n) is 2.88. The molecule has 1 aliphatic heterocycles.